The van der Waals surface area contributed by atoms with Gasteiger partial charge in [-0.25, -0.2) is 0 Å². The summed E-state index contributed by atoms with van der Waals surface area (Å²) in [5.74, 6) is 0.233. The maximum atomic E-state index is 12.4. The van der Waals surface area contributed by atoms with Crippen molar-refractivity contribution in [1.82, 2.24) is 10.2 Å². The molecule has 0 aromatic carbocycles. The topological polar surface area (TPSA) is 50.8 Å². The van der Waals surface area contributed by atoms with E-state index in [2.05, 4.69) is 24.1 Å². The van der Waals surface area contributed by atoms with Crippen LogP contribution < -0.4 is 5.32 Å². The van der Waals surface area contributed by atoms with E-state index in [1.54, 1.807) is 0 Å². The molecule has 1 atom stereocenters. The molecule has 23 heavy (non-hydrogen) atoms. The molecule has 1 saturated carbocycles. The molecule has 0 radical (unpaired) electrons. The van der Waals surface area contributed by atoms with Crippen LogP contribution in [0, 0.1) is 5.92 Å². The van der Waals surface area contributed by atoms with E-state index >= 15 is 0 Å². The normalized spacial score (nSPS) is 31.0. The van der Waals surface area contributed by atoms with Gasteiger partial charge in [-0.3, -0.25) is 9.69 Å². The Morgan fingerprint density at radius 3 is 2.65 bits per heavy atom. The molecular weight excluding hydrogens is 292 g/mol. The first-order valence-electron chi connectivity index (χ1n) is 9.25. The molecule has 3 fully saturated rings. The van der Waals surface area contributed by atoms with Gasteiger partial charge in [0.15, 0.2) is 0 Å². The minimum atomic E-state index is -0.0913. The number of carbonyl (C=O) groups is 1. The Morgan fingerprint density at radius 1 is 1.22 bits per heavy atom. The lowest BCUT2D eigenvalue weighted by Gasteiger charge is -2.51. The molecule has 1 N–H and O–H groups in total. The third kappa shape index (κ3) is 4.06. The smallest absolute Gasteiger partial charge is 0.225 e. The lowest BCUT2D eigenvalue weighted by Crippen LogP contribution is -2.63. The summed E-state index contributed by atoms with van der Waals surface area (Å²) in [7, 11) is 0. The molecule has 0 spiro atoms. The van der Waals surface area contributed by atoms with Gasteiger partial charge in [-0.15, -0.1) is 0 Å². The molecule has 0 unspecified atom stereocenters. The van der Waals surface area contributed by atoms with E-state index in [4.69, 9.17) is 9.47 Å². The van der Waals surface area contributed by atoms with Crippen molar-refractivity contribution in [3.05, 3.63) is 0 Å². The summed E-state index contributed by atoms with van der Waals surface area (Å²) in [4.78, 5) is 15.0. The van der Waals surface area contributed by atoms with Crippen molar-refractivity contribution >= 4 is 5.91 Å². The van der Waals surface area contributed by atoms with Crippen LogP contribution in [0.4, 0.5) is 0 Å². The fourth-order valence-electron chi connectivity index (χ4n) is 4.37. The third-order valence-electron chi connectivity index (χ3n) is 5.77. The molecule has 0 aromatic rings. The van der Waals surface area contributed by atoms with E-state index in [0.29, 0.717) is 6.61 Å². The van der Waals surface area contributed by atoms with E-state index in [-0.39, 0.29) is 23.0 Å². The second-order valence-electron chi connectivity index (χ2n) is 8.09. The predicted octanol–water partition coefficient (Wildman–Crippen LogP) is 1.95. The van der Waals surface area contributed by atoms with Gasteiger partial charge in [-0.2, -0.15) is 0 Å². The molecule has 2 aliphatic heterocycles. The monoisotopic (exact) mass is 324 g/mol. The average Bonchev–Trinajstić information content (AvgIpc) is 3.07. The highest BCUT2D eigenvalue weighted by molar-refractivity contribution is 5.79. The molecule has 0 bridgehead atoms. The Labute approximate surface area is 140 Å². The summed E-state index contributed by atoms with van der Waals surface area (Å²) in [6, 6.07) is 0. The van der Waals surface area contributed by atoms with Crippen LogP contribution in [0.3, 0.4) is 0 Å². The van der Waals surface area contributed by atoms with Gasteiger partial charge >= 0.3 is 0 Å². The quantitative estimate of drug-likeness (QED) is 0.859. The first-order chi connectivity index (χ1) is 11.0. The molecule has 2 heterocycles. The Hall–Kier alpha value is -0.650. The van der Waals surface area contributed by atoms with Crippen molar-refractivity contribution in [2.24, 2.45) is 5.92 Å². The van der Waals surface area contributed by atoms with Gasteiger partial charge in [0.2, 0.25) is 5.91 Å². The predicted molar refractivity (Wildman–Crippen MR) is 89.4 cm³/mol. The number of nitrogens with zero attached hydrogens (tertiary/aromatic N) is 1. The Kier molecular flexibility index (Phi) is 5.29. The third-order valence-corrected chi connectivity index (χ3v) is 5.77. The Balaban J connectivity index is 1.65. The molecule has 0 aromatic heterocycles. The number of rotatable bonds is 4. The number of amides is 1. The zero-order valence-corrected chi connectivity index (χ0v) is 14.7. The molecule has 132 valence electrons. The summed E-state index contributed by atoms with van der Waals surface area (Å²) < 4.78 is 11.2. The fourth-order valence-corrected chi connectivity index (χ4v) is 4.37. The molecule has 1 aliphatic carbocycles. The van der Waals surface area contributed by atoms with Crippen LogP contribution in [0.25, 0.3) is 0 Å². The van der Waals surface area contributed by atoms with Crippen molar-refractivity contribution in [2.75, 3.05) is 39.5 Å². The summed E-state index contributed by atoms with van der Waals surface area (Å²) >= 11 is 0. The van der Waals surface area contributed by atoms with Crippen LogP contribution in [0.2, 0.25) is 0 Å². The maximum absolute atomic E-state index is 12.4. The number of morpholine rings is 1. The first kappa shape index (κ1) is 17.2. The van der Waals surface area contributed by atoms with Crippen molar-refractivity contribution in [2.45, 2.75) is 63.5 Å². The average molecular weight is 324 g/mol. The second kappa shape index (κ2) is 7.08. The number of ether oxygens (including phenoxy) is 2. The molecular formula is C18H32N2O3. The van der Waals surface area contributed by atoms with Crippen molar-refractivity contribution in [1.29, 1.82) is 0 Å². The summed E-state index contributed by atoms with van der Waals surface area (Å²) in [6.45, 7) is 9.15. The van der Waals surface area contributed by atoms with Crippen LogP contribution in [0.1, 0.15) is 52.4 Å². The number of nitrogens with one attached hydrogen (secondary N) is 1. The van der Waals surface area contributed by atoms with Gasteiger partial charge in [0.1, 0.15) is 0 Å². The van der Waals surface area contributed by atoms with Crippen LogP contribution in [-0.4, -0.2) is 61.4 Å². The largest absolute Gasteiger partial charge is 0.381 e. The van der Waals surface area contributed by atoms with Gasteiger partial charge in [0.05, 0.1) is 24.7 Å². The van der Waals surface area contributed by atoms with E-state index in [1.165, 1.54) is 32.1 Å². The van der Waals surface area contributed by atoms with E-state index in [9.17, 15) is 4.79 Å². The zero-order chi connectivity index (χ0) is 16.3. The number of carbonyl (C=O) groups excluding carboxylic acids is 1. The fraction of sp³-hybridized carbons (Fsp3) is 0.944. The SMILES string of the molecule is CC1(C)CN(C2(CNC(=O)[C@@H]3CCOC3)CCCCC2)CCO1. The van der Waals surface area contributed by atoms with Crippen LogP contribution >= 0.6 is 0 Å². The van der Waals surface area contributed by atoms with E-state index < -0.39 is 0 Å². The highest BCUT2D eigenvalue weighted by atomic mass is 16.5. The van der Waals surface area contributed by atoms with Gasteiger partial charge < -0.3 is 14.8 Å². The molecule has 5 heteroatoms. The number of hydrogen-bond acceptors (Lipinski definition) is 4. The van der Waals surface area contributed by atoms with Gasteiger partial charge in [0.25, 0.3) is 0 Å². The van der Waals surface area contributed by atoms with Crippen LogP contribution in [-0.2, 0) is 14.3 Å². The maximum Gasteiger partial charge on any atom is 0.225 e. The lowest BCUT2D eigenvalue weighted by atomic mass is 9.79. The molecule has 2 saturated heterocycles. The summed E-state index contributed by atoms with van der Waals surface area (Å²) in [5.41, 5.74) is 0.0282. The minimum absolute atomic E-state index is 0.0526. The molecule has 3 aliphatic rings. The summed E-state index contributed by atoms with van der Waals surface area (Å²) in [5, 5.41) is 3.26. The standard InChI is InChI=1S/C18H32N2O3/c1-17(2)14-20(9-11-23-17)18(7-4-3-5-8-18)13-19-16(21)15-6-10-22-12-15/h15H,3-14H2,1-2H3,(H,19,21)/t15-/m1/s1. The van der Waals surface area contributed by atoms with Crippen molar-refractivity contribution < 1.29 is 14.3 Å². The highest BCUT2D eigenvalue weighted by Gasteiger charge is 2.42. The highest BCUT2D eigenvalue weighted by Crippen LogP contribution is 2.36. The van der Waals surface area contributed by atoms with E-state index in [0.717, 1.165) is 39.3 Å². The van der Waals surface area contributed by atoms with Gasteiger partial charge in [-0.05, 0) is 33.1 Å². The van der Waals surface area contributed by atoms with Gasteiger partial charge in [0, 0.05) is 31.8 Å². The van der Waals surface area contributed by atoms with Crippen molar-refractivity contribution in [3.8, 4) is 0 Å². The lowest BCUT2D eigenvalue weighted by molar-refractivity contribution is -0.131. The first-order valence-corrected chi connectivity index (χ1v) is 9.25. The molecule has 5 nitrogen and oxygen atoms in total. The zero-order valence-electron chi connectivity index (χ0n) is 14.7. The minimum Gasteiger partial charge on any atom is -0.381 e. The Bertz CT molecular complexity index is 412. The second-order valence-corrected chi connectivity index (χ2v) is 8.09. The molecule has 1 amide bonds. The number of hydrogen-bond donors (Lipinski definition) is 1. The molecule has 3 rings (SSSR count). The van der Waals surface area contributed by atoms with Gasteiger partial charge in [-0.1, -0.05) is 19.3 Å². The van der Waals surface area contributed by atoms with E-state index in [1.807, 2.05) is 0 Å². The van der Waals surface area contributed by atoms with Crippen molar-refractivity contribution in [3.63, 3.8) is 0 Å². The summed E-state index contributed by atoms with van der Waals surface area (Å²) in [6.07, 6.45) is 7.08. The van der Waals surface area contributed by atoms with Crippen LogP contribution in [0.5, 0.6) is 0 Å². The Morgan fingerprint density at radius 2 is 2.00 bits per heavy atom. The van der Waals surface area contributed by atoms with Crippen LogP contribution in [0.15, 0.2) is 0 Å².